The molecule has 17 heavy (non-hydrogen) atoms. The van der Waals surface area contributed by atoms with E-state index in [1.54, 1.807) is 25.1 Å². The van der Waals surface area contributed by atoms with Crippen LogP contribution in [0.15, 0.2) is 28.7 Å². The van der Waals surface area contributed by atoms with Crippen molar-refractivity contribution in [3.8, 4) is 0 Å². The molecule has 2 rings (SSSR count). The second-order valence-electron chi connectivity index (χ2n) is 3.66. The molecule has 0 radical (unpaired) electrons. The Bertz CT molecular complexity index is 580. The molecule has 0 saturated carbocycles. The Balaban J connectivity index is 2.35. The van der Waals surface area contributed by atoms with Gasteiger partial charge in [0.25, 0.3) is 5.78 Å². The van der Waals surface area contributed by atoms with E-state index in [-0.39, 0.29) is 6.61 Å². The van der Waals surface area contributed by atoms with Gasteiger partial charge in [-0.1, -0.05) is 0 Å². The molecule has 0 aliphatic carbocycles. The van der Waals surface area contributed by atoms with Gasteiger partial charge in [-0.05, 0) is 38.1 Å². The molecular weight excluding hydrogens is 220 g/mol. The molecule has 0 N–H and O–H groups in total. The maximum Gasteiger partial charge on any atom is 0.379 e. The van der Waals surface area contributed by atoms with Gasteiger partial charge in [-0.25, -0.2) is 4.79 Å². The van der Waals surface area contributed by atoms with Crippen LogP contribution in [0.3, 0.4) is 0 Å². The largest absolute Gasteiger partial charge is 0.461 e. The number of aryl methyl sites for hydroxylation is 1. The van der Waals surface area contributed by atoms with Gasteiger partial charge in [-0.15, -0.1) is 0 Å². The molecular formula is C13H12O4. The molecule has 88 valence electrons. The number of ketones is 1. The second-order valence-corrected chi connectivity index (χ2v) is 3.66. The molecule has 0 amide bonds. The number of carbonyl (C=O) groups excluding carboxylic acids is 2. The van der Waals surface area contributed by atoms with Gasteiger partial charge in [0.05, 0.1) is 6.61 Å². The number of benzene rings is 1. The van der Waals surface area contributed by atoms with E-state index in [0.717, 1.165) is 11.1 Å². The van der Waals surface area contributed by atoms with Crippen LogP contribution in [-0.2, 0) is 9.53 Å². The smallest absolute Gasteiger partial charge is 0.379 e. The lowest BCUT2D eigenvalue weighted by molar-refractivity contribution is -0.137. The van der Waals surface area contributed by atoms with Crippen LogP contribution in [0.2, 0.25) is 0 Å². The highest BCUT2D eigenvalue weighted by Gasteiger charge is 2.18. The first-order valence-corrected chi connectivity index (χ1v) is 5.33. The molecule has 2 aromatic rings. The summed E-state index contributed by atoms with van der Waals surface area (Å²) in [5.74, 6) is -0.694. The molecule has 0 aliphatic rings. The number of furan rings is 1. The molecule has 1 heterocycles. The minimum Gasteiger partial charge on any atom is -0.461 e. The van der Waals surface area contributed by atoms with Crippen LogP contribution in [0.4, 0.5) is 0 Å². The van der Waals surface area contributed by atoms with Gasteiger partial charge in [-0.2, -0.15) is 0 Å². The molecule has 0 unspecified atom stereocenters. The SMILES string of the molecule is CCOC(=O)C(=O)c1ccc2oc(C)cc2c1. The van der Waals surface area contributed by atoms with Crippen molar-refractivity contribution < 1.29 is 18.7 Å². The summed E-state index contributed by atoms with van der Waals surface area (Å²) in [6.07, 6.45) is 0. The van der Waals surface area contributed by atoms with Crippen LogP contribution < -0.4 is 0 Å². The standard InChI is InChI=1S/C13H12O4/c1-3-16-13(15)12(14)9-4-5-11-10(7-9)6-8(2)17-11/h4-7H,3H2,1-2H3. The molecule has 0 bridgehead atoms. The molecule has 0 spiro atoms. The summed E-state index contributed by atoms with van der Waals surface area (Å²) in [6, 6.07) is 6.68. The fraction of sp³-hybridized carbons (Fsp3) is 0.231. The summed E-state index contributed by atoms with van der Waals surface area (Å²) in [7, 11) is 0. The molecule has 0 saturated heterocycles. The summed E-state index contributed by atoms with van der Waals surface area (Å²) in [5.41, 5.74) is 1.01. The lowest BCUT2D eigenvalue weighted by atomic mass is 10.1. The van der Waals surface area contributed by atoms with Gasteiger partial charge < -0.3 is 9.15 Å². The highest BCUT2D eigenvalue weighted by Crippen LogP contribution is 2.20. The van der Waals surface area contributed by atoms with Crippen LogP contribution in [0.25, 0.3) is 11.0 Å². The van der Waals surface area contributed by atoms with Gasteiger partial charge >= 0.3 is 5.97 Å². The second kappa shape index (κ2) is 4.41. The molecule has 0 fully saturated rings. The zero-order valence-electron chi connectivity index (χ0n) is 9.65. The van der Waals surface area contributed by atoms with Crippen molar-refractivity contribution in [2.45, 2.75) is 13.8 Å². The number of hydrogen-bond donors (Lipinski definition) is 0. The van der Waals surface area contributed by atoms with Crippen molar-refractivity contribution in [2.24, 2.45) is 0 Å². The average Bonchev–Trinajstić information content (AvgIpc) is 2.67. The number of rotatable bonds is 3. The Morgan fingerprint density at radius 3 is 2.76 bits per heavy atom. The van der Waals surface area contributed by atoms with Gasteiger partial charge in [-0.3, -0.25) is 4.79 Å². The molecule has 0 atom stereocenters. The normalized spacial score (nSPS) is 10.5. The number of hydrogen-bond acceptors (Lipinski definition) is 4. The topological polar surface area (TPSA) is 56.5 Å². The fourth-order valence-corrected chi connectivity index (χ4v) is 1.63. The van der Waals surface area contributed by atoms with Gasteiger partial charge in [0, 0.05) is 10.9 Å². The third-order valence-electron chi connectivity index (χ3n) is 2.36. The third-order valence-corrected chi connectivity index (χ3v) is 2.36. The zero-order valence-corrected chi connectivity index (χ0v) is 9.65. The van der Waals surface area contributed by atoms with Crippen LogP contribution in [0.5, 0.6) is 0 Å². The van der Waals surface area contributed by atoms with Crippen molar-refractivity contribution in [3.63, 3.8) is 0 Å². The van der Waals surface area contributed by atoms with Crippen molar-refractivity contribution in [1.29, 1.82) is 0 Å². The molecule has 1 aromatic heterocycles. The number of esters is 1. The minimum atomic E-state index is -0.827. The van der Waals surface area contributed by atoms with E-state index < -0.39 is 11.8 Å². The fourth-order valence-electron chi connectivity index (χ4n) is 1.63. The predicted molar refractivity (Wildman–Crippen MR) is 61.9 cm³/mol. The maximum atomic E-state index is 11.7. The molecule has 0 aliphatic heterocycles. The van der Waals surface area contributed by atoms with Crippen molar-refractivity contribution in [3.05, 3.63) is 35.6 Å². The monoisotopic (exact) mass is 232 g/mol. The van der Waals surface area contributed by atoms with Crippen molar-refractivity contribution >= 4 is 22.7 Å². The average molecular weight is 232 g/mol. The van der Waals surface area contributed by atoms with E-state index in [1.807, 2.05) is 13.0 Å². The van der Waals surface area contributed by atoms with E-state index in [4.69, 9.17) is 4.42 Å². The lowest BCUT2D eigenvalue weighted by Gasteiger charge is -2.00. The Morgan fingerprint density at radius 1 is 1.29 bits per heavy atom. The maximum absolute atomic E-state index is 11.7. The summed E-state index contributed by atoms with van der Waals surface area (Å²) < 4.78 is 10.0. The van der Waals surface area contributed by atoms with E-state index in [2.05, 4.69) is 4.74 Å². The van der Waals surface area contributed by atoms with Crippen molar-refractivity contribution in [2.75, 3.05) is 6.61 Å². The van der Waals surface area contributed by atoms with Gasteiger partial charge in [0.1, 0.15) is 11.3 Å². The van der Waals surface area contributed by atoms with E-state index in [1.165, 1.54) is 0 Å². The lowest BCUT2D eigenvalue weighted by Crippen LogP contribution is -2.17. The highest BCUT2D eigenvalue weighted by molar-refractivity contribution is 6.40. The van der Waals surface area contributed by atoms with Crippen molar-refractivity contribution in [1.82, 2.24) is 0 Å². The number of carbonyl (C=O) groups is 2. The zero-order chi connectivity index (χ0) is 12.4. The Morgan fingerprint density at radius 2 is 2.06 bits per heavy atom. The third kappa shape index (κ3) is 2.20. The quantitative estimate of drug-likeness (QED) is 0.463. The predicted octanol–water partition coefficient (Wildman–Crippen LogP) is 2.49. The van der Waals surface area contributed by atoms with Gasteiger partial charge in [0.2, 0.25) is 0 Å². The number of ether oxygens (including phenoxy) is 1. The molecule has 1 aromatic carbocycles. The summed E-state index contributed by atoms with van der Waals surface area (Å²) in [6.45, 7) is 3.68. The Hall–Kier alpha value is -2.10. The van der Waals surface area contributed by atoms with Gasteiger partial charge in [0.15, 0.2) is 0 Å². The molecule has 4 nitrogen and oxygen atoms in total. The van der Waals surface area contributed by atoms with Crippen LogP contribution in [-0.4, -0.2) is 18.4 Å². The summed E-state index contributed by atoms with van der Waals surface area (Å²) in [4.78, 5) is 23.0. The first-order chi connectivity index (χ1) is 8.11. The van der Waals surface area contributed by atoms with Crippen LogP contribution in [0, 0.1) is 6.92 Å². The number of fused-ring (bicyclic) bond motifs is 1. The first-order valence-electron chi connectivity index (χ1n) is 5.33. The molecule has 4 heteroatoms. The van der Waals surface area contributed by atoms with E-state index in [0.29, 0.717) is 11.1 Å². The highest BCUT2D eigenvalue weighted by atomic mass is 16.5. The van der Waals surface area contributed by atoms with E-state index in [9.17, 15) is 9.59 Å². The van der Waals surface area contributed by atoms with Crippen LogP contribution >= 0.6 is 0 Å². The first kappa shape index (κ1) is 11.4. The Kier molecular flexibility index (Phi) is 2.95. The summed E-state index contributed by atoms with van der Waals surface area (Å²) >= 11 is 0. The van der Waals surface area contributed by atoms with E-state index >= 15 is 0 Å². The number of Topliss-reactive ketones (excluding diaryl/α,β-unsaturated/α-hetero) is 1. The summed E-state index contributed by atoms with van der Waals surface area (Å²) in [5, 5.41) is 0.803. The van der Waals surface area contributed by atoms with Crippen LogP contribution in [0.1, 0.15) is 23.0 Å². The minimum absolute atomic E-state index is 0.192. The Labute approximate surface area is 98.2 Å².